The van der Waals surface area contributed by atoms with Crippen LogP contribution in [0.5, 0.6) is 0 Å². The second-order valence-corrected chi connectivity index (χ2v) is 6.58. The number of nitrogens with zero attached hydrogens (tertiary/aromatic N) is 3. The molecule has 0 saturated heterocycles. The molecule has 8 heteroatoms. The molecule has 0 bridgehead atoms. The van der Waals surface area contributed by atoms with Gasteiger partial charge in [-0.3, -0.25) is 9.78 Å². The second kappa shape index (κ2) is 6.78. The summed E-state index contributed by atoms with van der Waals surface area (Å²) in [6, 6.07) is 2.83. The van der Waals surface area contributed by atoms with Crippen LogP contribution < -0.4 is 5.73 Å². The van der Waals surface area contributed by atoms with Crippen LogP contribution >= 0.6 is 0 Å². The number of carbonyl (C=O) groups excluding carboxylic acids is 1. The Balaban J connectivity index is 2.81. The highest BCUT2D eigenvalue weighted by atomic mass is 32.2. The fourth-order valence-electron chi connectivity index (χ4n) is 1.47. The highest BCUT2D eigenvalue weighted by Gasteiger charge is 2.25. The lowest BCUT2D eigenvalue weighted by atomic mass is 10.3. The van der Waals surface area contributed by atoms with Crippen LogP contribution in [0.2, 0.25) is 0 Å². The highest BCUT2D eigenvalue weighted by molar-refractivity contribution is 7.89. The number of pyridine rings is 1. The number of rotatable bonds is 6. The number of nitrogens with two attached hydrogens (primary N) is 1. The fraction of sp³-hybridized carbons (Fsp3) is 0.500. The SMILES string of the molecule is CC(CN)N(C)C(=O)CN(C)S(=O)(=O)c1cccnc1. The van der Waals surface area contributed by atoms with E-state index in [0.29, 0.717) is 6.54 Å². The number of amides is 1. The molecule has 7 nitrogen and oxygen atoms in total. The number of hydrogen-bond donors (Lipinski definition) is 1. The summed E-state index contributed by atoms with van der Waals surface area (Å²) in [6.07, 6.45) is 2.74. The first-order valence-corrected chi connectivity index (χ1v) is 7.56. The Morgan fingerprint density at radius 3 is 2.60 bits per heavy atom. The standard InChI is InChI=1S/C12H20N4O3S/c1-10(7-13)16(3)12(17)9-15(2)20(18,19)11-5-4-6-14-8-11/h4-6,8,10H,7,9,13H2,1-3H3. The van der Waals surface area contributed by atoms with Crippen molar-refractivity contribution < 1.29 is 13.2 Å². The van der Waals surface area contributed by atoms with E-state index in [2.05, 4.69) is 4.98 Å². The van der Waals surface area contributed by atoms with Gasteiger partial charge < -0.3 is 10.6 Å². The van der Waals surface area contributed by atoms with E-state index in [0.717, 1.165) is 4.31 Å². The van der Waals surface area contributed by atoms with E-state index >= 15 is 0 Å². The van der Waals surface area contributed by atoms with Crippen LogP contribution in [0.1, 0.15) is 6.92 Å². The van der Waals surface area contributed by atoms with Crippen molar-refractivity contribution in [2.75, 3.05) is 27.2 Å². The molecule has 1 unspecified atom stereocenters. The molecule has 1 aromatic rings. The van der Waals surface area contributed by atoms with Crippen LogP contribution in [0, 0.1) is 0 Å². The first-order chi connectivity index (χ1) is 9.30. The van der Waals surface area contributed by atoms with Crippen LogP contribution in [0.3, 0.4) is 0 Å². The number of likely N-dealkylation sites (N-methyl/N-ethyl adjacent to an activating group) is 2. The summed E-state index contributed by atoms with van der Waals surface area (Å²) in [7, 11) is -0.744. The lowest BCUT2D eigenvalue weighted by Crippen LogP contribution is -2.45. The molecule has 1 aromatic heterocycles. The van der Waals surface area contributed by atoms with Crippen molar-refractivity contribution in [3.05, 3.63) is 24.5 Å². The third-order valence-electron chi connectivity index (χ3n) is 3.10. The number of carbonyl (C=O) groups is 1. The maximum Gasteiger partial charge on any atom is 0.244 e. The van der Waals surface area contributed by atoms with Crippen LogP contribution in [0.15, 0.2) is 29.4 Å². The average molecular weight is 300 g/mol. The minimum Gasteiger partial charge on any atom is -0.341 e. The molecule has 112 valence electrons. The monoisotopic (exact) mass is 300 g/mol. The fourth-order valence-corrected chi connectivity index (χ4v) is 2.56. The van der Waals surface area contributed by atoms with Gasteiger partial charge in [-0.05, 0) is 19.1 Å². The van der Waals surface area contributed by atoms with Gasteiger partial charge in [0.2, 0.25) is 15.9 Å². The van der Waals surface area contributed by atoms with Crippen molar-refractivity contribution in [3.63, 3.8) is 0 Å². The molecule has 20 heavy (non-hydrogen) atoms. The summed E-state index contributed by atoms with van der Waals surface area (Å²) in [4.78, 5) is 17.3. The van der Waals surface area contributed by atoms with Crippen molar-refractivity contribution in [2.24, 2.45) is 5.73 Å². The summed E-state index contributed by atoms with van der Waals surface area (Å²) < 4.78 is 25.4. The number of hydrogen-bond acceptors (Lipinski definition) is 5. The van der Waals surface area contributed by atoms with Crippen LogP contribution in [-0.4, -0.2) is 61.7 Å². The van der Waals surface area contributed by atoms with Gasteiger partial charge in [-0.25, -0.2) is 8.42 Å². The topological polar surface area (TPSA) is 96.6 Å². The molecule has 0 spiro atoms. The Hall–Kier alpha value is -1.51. The van der Waals surface area contributed by atoms with E-state index in [4.69, 9.17) is 5.73 Å². The van der Waals surface area contributed by atoms with E-state index in [1.54, 1.807) is 14.0 Å². The summed E-state index contributed by atoms with van der Waals surface area (Å²) in [5.41, 5.74) is 5.48. The molecular weight excluding hydrogens is 280 g/mol. The quantitative estimate of drug-likeness (QED) is 0.764. The van der Waals surface area contributed by atoms with Gasteiger partial charge in [0.15, 0.2) is 0 Å². The van der Waals surface area contributed by atoms with Crippen molar-refractivity contribution in [1.29, 1.82) is 0 Å². The lowest BCUT2D eigenvalue weighted by Gasteiger charge is -2.26. The predicted octanol–water partition coefficient (Wildman–Crippen LogP) is -0.492. The molecule has 0 aliphatic rings. The Morgan fingerprint density at radius 2 is 2.10 bits per heavy atom. The van der Waals surface area contributed by atoms with E-state index < -0.39 is 10.0 Å². The molecule has 0 radical (unpaired) electrons. The number of sulfonamides is 1. The molecule has 1 amide bonds. The van der Waals surface area contributed by atoms with E-state index in [-0.39, 0.29) is 23.4 Å². The first-order valence-electron chi connectivity index (χ1n) is 6.12. The molecule has 0 fully saturated rings. The van der Waals surface area contributed by atoms with Gasteiger partial charge in [0.1, 0.15) is 4.90 Å². The smallest absolute Gasteiger partial charge is 0.244 e. The molecule has 1 rings (SSSR count). The van der Waals surface area contributed by atoms with Crippen LogP contribution in [-0.2, 0) is 14.8 Å². The molecule has 0 saturated carbocycles. The van der Waals surface area contributed by atoms with Crippen molar-refractivity contribution in [2.45, 2.75) is 17.9 Å². The summed E-state index contributed by atoms with van der Waals surface area (Å²) in [5, 5.41) is 0. The minimum absolute atomic E-state index is 0.0600. The molecule has 2 N–H and O–H groups in total. The zero-order valence-corrected chi connectivity index (χ0v) is 12.7. The maximum absolute atomic E-state index is 12.2. The van der Waals surface area contributed by atoms with Crippen LogP contribution in [0.25, 0.3) is 0 Å². The second-order valence-electron chi connectivity index (χ2n) is 4.54. The largest absolute Gasteiger partial charge is 0.341 e. The van der Waals surface area contributed by atoms with Gasteiger partial charge in [-0.2, -0.15) is 4.31 Å². The Morgan fingerprint density at radius 1 is 1.45 bits per heavy atom. The van der Waals surface area contributed by atoms with Gasteiger partial charge in [0.25, 0.3) is 0 Å². The Bertz CT molecular complexity index is 547. The average Bonchev–Trinajstić information content (AvgIpc) is 2.46. The van der Waals surface area contributed by atoms with E-state index in [1.807, 2.05) is 0 Å². The summed E-state index contributed by atoms with van der Waals surface area (Å²) in [6.45, 7) is 1.88. The van der Waals surface area contributed by atoms with Gasteiger partial charge in [-0.15, -0.1) is 0 Å². The van der Waals surface area contributed by atoms with Gasteiger partial charge in [-0.1, -0.05) is 0 Å². The van der Waals surface area contributed by atoms with E-state index in [1.165, 1.54) is 36.5 Å². The van der Waals surface area contributed by atoms with Gasteiger partial charge in [0, 0.05) is 39.1 Å². The molecule has 0 aromatic carbocycles. The molecule has 1 heterocycles. The van der Waals surface area contributed by atoms with Crippen LogP contribution in [0.4, 0.5) is 0 Å². The highest BCUT2D eigenvalue weighted by Crippen LogP contribution is 2.12. The summed E-state index contributed by atoms with van der Waals surface area (Å²) in [5.74, 6) is -0.307. The third kappa shape index (κ3) is 3.75. The maximum atomic E-state index is 12.2. The predicted molar refractivity (Wildman–Crippen MR) is 75.3 cm³/mol. The molecule has 0 aliphatic heterocycles. The van der Waals surface area contributed by atoms with E-state index in [9.17, 15) is 13.2 Å². The Labute approximate surface area is 119 Å². The number of aromatic nitrogens is 1. The van der Waals surface area contributed by atoms with Crippen molar-refractivity contribution in [3.8, 4) is 0 Å². The first kappa shape index (κ1) is 16.5. The summed E-state index contributed by atoms with van der Waals surface area (Å²) >= 11 is 0. The third-order valence-corrected chi connectivity index (χ3v) is 4.88. The Kier molecular flexibility index (Phi) is 5.61. The molecular formula is C12H20N4O3S. The zero-order valence-electron chi connectivity index (χ0n) is 11.9. The minimum atomic E-state index is -3.71. The molecule has 0 aliphatic carbocycles. The lowest BCUT2D eigenvalue weighted by molar-refractivity contribution is -0.131. The van der Waals surface area contributed by atoms with Gasteiger partial charge >= 0.3 is 0 Å². The van der Waals surface area contributed by atoms with Gasteiger partial charge in [0.05, 0.1) is 6.54 Å². The zero-order chi connectivity index (χ0) is 15.3. The molecule has 1 atom stereocenters. The van der Waals surface area contributed by atoms with Crippen molar-refractivity contribution in [1.82, 2.24) is 14.2 Å². The normalized spacial score (nSPS) is 13.2. The van der Waals surface area contributed by atoms with Crippen molar-refractivity contribution >= 4 is 15.9 Å².